The third-order valence-electron chi connectivity index (χ3n) is 4.41. The number of nitrogens with zero attached hydrogens (tertiary/aromatic N) is 2. The van der Waals surface area contributed by atoms with Crippen LogP contribution in [0.5, 0.6) is 0 Å². The summed E-state index contributed by atoms with van der Waals surface area (Å²) in [7, 11) is 0. The number of rotatable bonds is 7. The summed E-state index contributed by atoms with van der Waals surface area (Å²) in [5.74, 6) is 0.420. The normalized spacial score (nSPS) is 11.3. The van der Waals surface area contributed by atoms with Gasteiger partial charge in [0.2, 0.25) is 5.71 Å². The third kappa shape index (κ3) is 4.27. The number of nitrogens with one attached hydrogen (secondary N) is 1. The van der Waals surface area contributed by atoms with Crippen molar-refractivity contribution in [2.75, 3.05) is 6.54 Å². The zero-order chi connectivity index (χ0) is 19.4. The zero-order valence-electron chi connectivity index (χ0n) is 16.0. The maximum absolute atomic E-state index is 12.8. The largest absolute Gasteiger partial charge is 0.442 e. The minimum atomic E-state index is -0.291. The first-order valence-electron chi connectivity index (χ1n) is 9.28. The van der Waals surface area contributed by atoms with E-state index in [1.54, 1.807) is 6.92 Å². The average molecular weight is 367 g/mol. The fourth-order valence-electron chi connectivity index (χ4n) is 3.16. The van der Waals surface area contributed by atoms with E-state index < -0.39 is 0 Å². The monoisotopic (exact) mass is 367 g/mol. The molecule has 142 valence electrons. The van der Waals surface area contributed by atoms with Gasteiger partial charge >= 0.3 is 0 Å². The fourth-order valence-corrected chi connectivity index (χ4v) is 3.16. The Hall–Kier alpha value is -2.89. The maximum Gasteiger partial charge on any atom is 0.265 e. The molecule has 2 heterocycles. The quantitative estimate of drug-likeness (QED) is 0.650. The van der Waals surface area contributed by atoms with Crippen molar-refractivity contribution in [2.24, 2.45) is 5.92 Å². The van der Waals surface area contributed by atoms with Gasteiger partial charge in [-0.3, -0.25) is 14.2 Å². The van der Waals surface area contributed by atoms with Gasteiger partial charge in [0.05, 0.1) is 5.56 Å². The number of furan rings is 1. The van der Waals surface area contributed by atoms with E-state index in [0.717, 1.165) is 12.8 Å². The van der Waals surface area contributed by atoms with Crippen LogP contribution in [-0.2, 0) is 13.0 Å². The first-order chi connectivity index (χ1) is 13.0. The number of carbonyl (C=O) groups is 1. The van der Waals surface area contributed by atoms with Crippen LogP contribution in [0, 0.1) is 12.8 Å². The Morgan fingerprint density at radius 2 is 2.00 bits per heavy atom. The van der Waals surface area contributed by atoms with Crippen molar-refractivity contribution in [1.82, 2.24) is 14.9 Å². The molecular weight excluding hydrogens is 342 g/mol. The Kier molecular flexibility index (Phi) is 5.74. The summed E-state index contributed by atoms with van der Waals surface area (Å²) in [5.41, 5.74) is 1.50. The highest BCUT2D eigenvalue weighted by Gasteiger charge is 2.22. The molecule has 3 rings (SSSR count). The summed E-state index contributed by atoms with van der Waals surface area (Å²) >= 11 is 0. The highest BCUT2D eigenvalue weighted by atomic mass is 16.3. The van der Waals surface area contributed by atoms with Crippen molar-refractivity contribution in [1.29, 1.82) is 0 Å². The molecule has 0 aliphatic carbocycles. The van der Waals surface area contributed by atoms with Crippen LogP contribution in [0.3, 0.4) is 0 Å². The molecule has 2 aromatic heterocycles. The van der Waals surface area contributed by atoms with E-state index in [0.29, 0.717) is 30.3 Å². The van der Waals surface area contributed by atoms with Crippen LogP contribution in [-0.4, -0.2) is 22.0 Å². The number of hydrogen-bond acceptors (Lipinski definition) is 4. The lowest BCUT2D eigenvalue weighted by atomic mass is 10.1. The van der Waals surface area contributed by atoms with Crippen molar-refractivity contribution >= 4 is 17.0 Å². The van der Waals surface area contributed by atoms with Crippen molar-refractivity contribution in [3.8, 4) is 0 Å². The van der Waals surface area contributed by atoms with Gasteiger partial charge in [0.25, 0.3) is 11.5 Å². The fraction of sp³-hybridized carbons (Fsp3) is 0.381. The summed E-state index contributed by atoms with van der Waals surface area (Å²) in [6.45, 7) is 6.81. The van der Waals surface area contributed by atoms with Crippen LogP contribution in [0.2, 0.25) is 0 Å². The second kappa shape index (κ2) is 8.20. The molecule has 1 N–H and O–H groups in total. The maximum atomic E-state index is 12.8. The summed E-state index contributed by atoms with van der Waals surface area (Å²) in [6.07, 6.45) is 3.19. The molecule has 0 fully saturated rings. The van der Waals surface area contributed by atoms with Gasteiger partial charge in [-0.1, -0.05) is 44.2 Å². The average Bonchev–Trinajstić information content (AvgIpc) is 2.98. The van der Waals surface area contributed by atoms with Crippen molar-refractivity contribution in [3.05, 3.63) is 63.9 Å². The van der Waals surface area contributed by atoms with E-state index in [4.69, 9.17) is 4.42 Å². The highest BCUT2D eigenvalue weighted by Crippen LogP contribution is 2.21. The highest BCUT2D eigenvalue weighted by molar-refractivity contribution is 6.06. The van der Waals surface area contributed by atoms with Crippen LogP contribution in [0.1, 0.15) is 41.9 Å². The Bertz CT molecular complexity index is 987. The van der Waals surface area contributed by atoms with Crippen LogP contribution in [0.4, 0.5) is 0 Å². The first-order valence-corrected chi connectivity index (χ1v) is 9.28. The van der Waals surface area contributed by atoms with E-state index in [2.05, 4.69) is 22.4 Å². The molecule has 6 nitrogen and oxygen atoms in total. The molecule has 0 aliphatic rings. The third-order valence-corrected chi connectivity index (χ3v) is 4.41. The van der Waals surface area contributed by atoms with Gasteiger partial charge in [-0.2, -0.15) is 0 Å². The molecule has 1 aromatic carbocycles. The lowest BCUT2D eigenvalue weighted by molar-refractivity contribution is 0.0953. The lowest BCUT2D eigenvalue weighted by Gasteiger charge is -2.08. The number of fused-ring (bicyclic) bond motifs is 1. The van der Waals surface area contributed by atoms with Gasteiger partial charge in [-0.05, 0) is 31.2 Å². The van der Waals surface area contributed by atoms with E-state index in [9.17, 15) is 9.59 Å². The number of carbonyl (C=O) groups excluding carboxylic acids is 1. The molecule has 0 unspecified atom stereocenters. The summed E-state index contributed by atoms with van der Waals surface area (Å²) in [5, 5.41) is 3.16. The molecule has 3 aromatic rings. The van der Waals surface area contributed by atoms with E-state index in [-0.39, 0.29) is 22.6 Å². The van der Waals surface area contributed by atoms with Gasteiger partial charge in [0.1, 0.15) is 17.5 Å². The molecule has 1 amide bonds. The molecule has 0 aliphatic heterocycles. The topological polar surface area (TPSA) is 77.1 Å². The van der Waals surface area contributed by atoms with Crippen LogP contribution in [0.25, 0.3) is 11.1 Å². The zero-order valence-corrected chi connectivity index (χ0v) is 16.0. The summed E-state index contributed by atoms with van der Waals surface area (Å²) in [4.78, 5) is 29.7. The van der Waals surface area contributed by atoms with Crippen LogP contribution in [0.15, 0.2) is 45.9 Å². The van der Waals surface area contributed by atoms with Gasteiger partial charge in [-0.25, -0.2) is 4.98 Å². The van der Waals surface area contributed by atoms with Gasteiger partial charge in [-0.15, -0.1) is 0 Å². The second-order valence-electron chi connectivity index (χ2n) is 7.15. The Balaban J connectivity index is 1.75. The van der Waals surface area contributed by atoms with Crippen LogP contribution >= 0.6 is 0 Å². The number of aromatic nitrogens is 2. The predicted molar refractivity (Wildman–Crippen MR) is 105 cm³/mol. The molecule has 0 saturated carbocycles. The molecule has 0 spiro atoms. The van der Waals surface area contributed by atoms with Crippen LogP contribution < -0.4 is 10.9 Å². The minimum absolute atomic E-state index is 0.215. The molecule has 0 bridgehead atoms. The molecule has 6 heteroatoms. The summed E-state index contributed by atoms with van der Waals surface area (Å²) < 4.78 is 7.09. The number of hydrogen-bond donors (Lipinski definition) is 1. The van der Waals surface area contributed by atoms with Gasteiger partial charge < -0.3 is 9.73 Å². The molecule has 27 heavy (non-hydrogen) atoms. The number of amides is 1. The minimum Gasteiger partial charge on any atom is -0.442 e. The Morgan fingerprint density at radius 3 is 2.70 bits per heavy atom. The van der Waals surface area contributed by atoms with E-state index >= 15 is 0 Å². The smallest absolute Gasteiger partial charge is 0.265 e. The molecule has 0 saturated heterocycles. The van der Waals surface area contributed by atoms with E-state index in [1.165, 1.54) is 16.5 Å². The first kappa shape index (κ1) is 18.9. The van der Waals surface area contributed by atoms with Gasteiger partial charge in [0, 0.05) is 13.1 Å². The second-order valence-corrected chi connectivity index (χ2v) is 7.15. The molecule has 0 radical (unpaired) electrons. The molecular formula is C21H25N3O3. The Morgan fingerprint density at radius 1 is 1.26 bits per heavy atom. The predicted octanol–water partition coefficient (Wildman–Crippen LogP) is 3.32. The van der Waals surface area contributed by atoms with Crippen molar-refractivity contribution in [2.45, 2.75) is 40.2 Å². The summed E-state index contributed by atoms with van der Waals surface area (Å²) in [6, 6.07) is 10.1. The lowest BCUT2D eigenvalue weighted by Crippen LogP contribution is -2.28. The van der Waals surface area contributed by atoms with Crippen molar-refractivity contribution in [3.63, 3.8) is 0 Å². The van der Waals surface area contributed by atoms with Gasteiger partial charge in [0.15, 0.2) is 0 Å². The standard InChI is InChI=1S/C21H25N3O3/c1-14(2)12-24-13-23-20-18(21(24)26)17(15(3)27-20)19(25)22-11-7-10-16-8-5-4-6-9-16/h4-6,8-9,13-14H,7,10-12H2,1-3H3,(H,22,25). The molecule has 0 atom stereocenters. The Labute approximate surface area is 158 Å². The van der Waals surface area contributed by atoms with E-state index in [1.807, 2.05) is 32.0 Å². The SMILES string of the molecule is Cc1oc2ncn(CC(C)C)c(=O)c2c1C(=O)NCCCc1ccccc1. The van der Waals surface area contributed by atoms with Crippen molar-refractivity contribution < 1.29 is 9.21 Å². The number of benzene rings is 1. The number of aryl methyl sites for hydroxylation is 2.